The van der Waals surface area contributed by atoms with Gasteiger partial charge in [-0.1, -0.05) is 29.8 Å². The van der Waals surface area contributed by atoms with Crippen LogP contribution in [0.25, 0.3) is 10.9 Å². The molecule has 0 radical (unpaired) electrons. The van der Waals surface area contributed by atoms with E-state index in [-0.39, 0.29) is 17.9 Å². The Labute approximate surface area is 190 Å². The Balaban J connectivity index is 1.59. The van der Waals surface area contributed by atoms with Gasteiger partial charge in [-0.25, -0.2) is 4.98 Å². The van der Waals surface area contributed by atoms with Gasteiger partial charge in [0.2, 0.25) is 0 Å². The maximum atomic E-state index is 10.7. The number of anilines is 2. The molecule has 1 saturated heterocycles. The highest BCUT2D eigenvalue weighted by molar-refractivity contribution is 8.24. The lowest BCUT2D eigenvalue weighted by atomic mass is 10.1. The summed E-state index contributed by atoms with van der Waals surface area (Å²) in [4.78, 5) is 10.0. The Hall–Kier alpha value is -2.36. The molecule has 8 heteroatoms. The van der Waals surface area contributed by atoms with Crippen LogP contribution in [0.2, 0.25) is 0 Å². The van der Waals surface area contributed by atoms with E-state index in [0.717, 1.165) is 34.5 Å². The molecule has 2 aliphatic rings. The number of aromatic nitrogens is 1. The fourth-order valence-electron chi connectivity index (χ4n) is 4.76. The second-order valence-electron chi connectivity index (χ2n) is 8.76. The monoisotopic (exact) mass is 454 g/mol. The Morgan fingerprint density at radius 3 is 2.69 bits per heavy atom. The van der Waals surface area contributed by atoms with Crippen molar-refractivity contribution in [2.75, 3.05) is 42.3 Å². The van der Waals surface area contributed by atoms with Crippen LogP contribution in [0.4, 0.5) is 11.5 Å². The van der Waals surface area contributed by atoms with Crippen LogP contribution in [0.5, 0.6) is 0 Å². The average molecular weight is 455 g/mol. The highest BCUT2D eigenvalue weighted by Gasteiger charge is 2.32. The van der Waals surface area contributed by atoms with E-state index in [2.05, 4.69) is 41.0 Å². The van der Waals surface area contributed by atoms with Crippen molar-refractivity contribution in [1.82, 2.24) is 4.98 Å². The smallest absolute Gasteiger partial charge is 0.131 e. The van der Waals surface area contributed by atoms with E-state index in [9.17, 15) is 9.11 Å². The van der Waals surface area contributed by atoms with Gasteiger partial charge < -0.3 is 20.3 Å². The Morgan fingerprint density at radius 2 is 1.91 bits per heavy atom. The first-order valence-electron chi connectivity index (χ1n) is 10.9. The number of ether oxygens (including phenoxy) is 1. The Morgan fingerprint density at radius 1 is 1.09 bits per heavy atom. The van der Waals surface area contributed by atoms with Gasteiger partial charge in [-0.3, -0.25) is 9.11 Å². The number of fused-ring (bicyclic) bond motifs is 2. The number of methoxy groups -OCH3 is 1. The van der Waals surface area contributed by atoms with Crippen LogP contribution in [-0.4, -0.2) is 58.7 Å². The van der Waals surface area contributed by atoms with Crippen LogP contribution < -0.4 is 15.5 Å². The molecule has 2 aliphatic heterocycles. The lowest BCUT2D eigenvalue weighted by Crippen LogP contribution is -2.34. The fraction of sp³-hybridized carbons (Fsp3) is 0.375. The fourth-order valence-corrected chi connectivity index (χ4v) is 6.30. The zero-order chi connectivity index (χ0) is 22.5. The van der Waals surface area contributed by atoms with Crippen LogP contribution in [0, 0.1) is 6.92 Å². The van der Waals surface area contributed by atoms with E-state index in [1.807, 2.05) is 24.3 Å². The summed E-state index contributed by atoms with van der Waals surface area (Å²) in [6, 6.07) is 16.0. The number of nitrogens with zero attached hydrogens (tertiary/aromatic N) is 3. The van der Waals surface area contributed by atoms with Crippen LogP contribution in [-0.2, 0) is 11.3 Å². The zero-order valence-corrected chi connectivity index (χ0v) is 19.3. The largest absolute Gasteiger partial charge is 0.378 e. The van der Waals surface area contributed by atoms with Gasteiger partial charge in [-0.2, -0.15) is 10.6 Å². The van der Waals surface area contributed by atoms with Crippen molar-refractivity contribution in [3.63, 3.8) is 0 Å². The molecule has 2 atom stereocenters. The molecule has 5 rings (SSSR count). The summed E-state index contributed by atoms with van der Waals surface area (Å²) in [6.45, 7) is 4.63. The summed E-state index contributed by atoms with van der Waals surface area (Å²) < 4.78 is 27.1. The number of aryl methyl sites for hydroxylation is 1. The summed E-state index contributed by atoms with van der Waals surface area (Å²) in [6.07, 6.45) is -0.00969. The highest BCUT2D eigenvalue weighted by Crippen LogP contribution is 2.51. The Bertz CT molecular complexity index is 1160. The molecule has 4 N–H and O–H groups in total. The van der Waals surface area contributed by atoms with Crippen LogP contribution in [0.15, 0.2) is 53.4 Å². The maximum absolute atomic E-state index is 10.7. The van der Waals surface area contributed by atoms with Crippen molar-refractivity contribution in [3.05, 3.63) is 59.7 Å². The minimum atomic E-state index is -2.82. The molecule has 2 unspecified atom stereocenters. The average Bonchev–Trinajstić information content (AvgIpc) is 3.09. The molecule has 2 aromatic carbocycles. The van der Waals surface area contributed by atoms with Crippen molar-refractivity contribution in [2.24, 2.45) is 5.73 Å². The van der Waals surface area contributed by atoms with Gasteiger partial charge in [0.15, 0.2) is 0 Å². The van der Waals surface area contributed by atoms with Crippen LogP contribution in [0.1, 0.15) is 11.1 Å². The van der Waals surface area contributed by atoms with Gasteiger partial charge in [-0.15, -0.1) is 0 Å². The van der Waals surface area contributed by atoms with Gasteiger partial charge in [0, 0.05) is 50.4 Å². The van der Waals surface area contributed by atoms with E-state index in [1.54, 1.807) is 7.11 Å². The molecule has 3 aromatic rings. The standard InChI is InChI=1S/C24H30N4O3S/c1-16-7-8-20-18(11-16)21(28-14-19(25)22(15-28)31-2)12-24(26-20)27-9-10-32(29,30)23-6-4-3-5-17(23)13-27/h3-8,11-12,19,22,29-30H,9-10,13-15,25H2,1-2H3. The van der Waals surface area contributed by atoms with E-state index < -0.39 is 10.6 Å². The van der Waals surface area contributed by atoms with Gasteiger partial charge in [0.25, 0.3) is 0 Å². The van der Waals surface area contributed by atoms with Gasteiger partial charge >= 0.3 is 0 Å². The molecule has 1 aromatic heterocycles. The molecule has 0 saturated carbocycles. The van der Waals surface area contributed by atoms with E-state index in [4.69, 9.17) is 15.5 Å². The molecule has 0 amide bonds. The molecule has 7 nitrogen and oxygen atoms in total. The van der Waals surface area contributed by atoms with E-state index in [0.29, 0.717) is 24.5 Å². The topological polar surface area (TPSA) is 95.1 Å². The minimum absolute atomic E-state index is 0.00969. The maximum Gasteiger partial charge on any atom is 0.131 e. The van der Waals surface area contributed by atoms with Crippen LogP contribution >= 0.6 is 10.6 Å². The van der Waals surface area contributed by atoms with Gasteiger partial charge in [0.1, 0.15) is 5.82 Å². The third kappa shape index (κ3) is 3.82. The van der Waals surface area contributed by atoms with E-state index >= 15 is 0 Å². The number of pyridine rings is 1. The van der Waals surface area contributed by atoms with E-state index in [1.165, 1.54) is 5.56 Å². The number of rotatable bonds is 3. The van der Waals surface area contributed by atoms with Crippen molar-refractivity contribution in [1.29, 1.82) is 0 Å². The zero-order valence-electron chi connectivity index (χ0n) is 18.4. The number of nitrogens with two attached hydrogens (primary N) is 1. The second-order valence-corrected chi connectivity index (χ2v) is 10.9. The lowest BCUT2D eigenvalue weighted by molar-refractivity contribution is 0.108. The summed E-state index contributed by atoms with van der Waals surface area (Å²) >= 11 is 0. The molecule has 1 fully saturated rings. The quantitative estimate of drug-likeness (QED) is 0.553. The molecule has 0 bridgehead atoms. The summed E-state index contributed by atoms with van der Waals surface area (Å²) in [5.74, 6) is 1.12. The first-order valence-corrected chi connectivity index (χ1v) is 12.6. The third-order valence-corrected chi connectivity index (χ3v) is 8.39. The lowest BCUT2D eigenvalue weighted by Gasteiger charge is -2.32. The predicted molar refractivity (Wildman–Crippen MR) is 131 cm³/mol. The number of hydrogen-bond acceptors (Lipinski definition) is 7. The number of hydrogen-bond donors (Lipinski definition) is 3. The van der Waals surface area contributed by atoms with Crippen molar-refractivity contribution in [2.45, 2.75) is 30.5 Å². The van der Waals surface area contributed by atoms with Gasteiger partial charge in [-0.05, 0) is 30.7 Å². The molecule has 0 spiro atoms. The SMILES string of the molecule is COC1CN(c2cc(N3CCS(O)(O)c4ccccc4C3)nc3ccc(C)cc23)CC1N. The summed E-state index contributed by atoms with van der Waals surface area (Å²) in [5, 5.41) is 1.09. The predicted octanol–water partition coefficient (Wildman–Crippen LogP) is 3.84. The minimum Gasteiger partial charge on any atom is -0.378 e. The molecule has 3 heterocycles. The number of benzene rings is 2. The normalized spacial score (nSPS) is 23.8. The Kier molecular flexibility index (Phi) is 5.51. The molecule has 0 aliphatic carbocycles. The molecule has 32 heavy (non-hydrogen) atoms. The molecule has 170 valence electrons. The van der Waals surface area contributed by atoms with Crippen molar-refractivity contribution < 1.29 is 13.8 Å². The highest BCUT2D eigenvalue weighted by atomic mass is 32.3. The van der Waals surface area contributed by atoms with Gasteiger partial charge in [0.05, 0.1) is 28.3 Å². The third-order valence-electron chi connectivity index (χ3n) is 6.54. The summed E-state index contributed by atoms with van der Waals surface area (Å²) in [7, 11) is -1.11. The summed E-state index contributed by atoms with van der Waals surface area (Å²) in [5.41, 5.74) is 10.4. The first kappa shape index (κ1) is 21.5. The first-order chi connectivity index (χ1) is 15.4. The van der Waals surface area contributed by atoms with Crippen LogP contribution in [0.3, 0.4) is 0 Å². The molecular formula is C24H30N4O3S. The second kappa shape index (κ2) is 8.20. The van der Waals surface area contributed by atoms with Crippen molar-refractivity contribution >= 4 is 33.0 Å². The molecular weight excluding hydrogens is 424 g/mol. The van der Waals surface area contributed by atoms with Crippen molar-refractivity contribution in [3.8, 4) is 0 Å².